The van der Waals surface area contributed by atoms with Gasteiger partial charge in [-0.15, -0.1) is 11.3 Å². The maximum absolute atomic E-state index is 12.6. The van der Waals surface area contributed by atoms with E-state index in [1.165, 1.54) is 4.70 Å². The lowest BCUT2D eigenvalue weighted by Gasteiger charge is -2.11. The number of carbonyl (C=O) groups excluding carboxylic acids is 1. The van der Waals surface area contributed by atoms with Gasteiger partial charge in [-0.1, -0.05) is 54.6 Å². The normalized spacial score (nSPS) is 11.0. The van der Waals surface area contributed by atoms with Gasteiger partial charge >= 0.3 is 0 Å². The molecule has 0 unspecified atom stereocenters. The van der Waals surface area contributed by atoms with Gasteiger partial charge in [-0.05, 0) is 59.2 Å². The number of hydrogen-bond acceptors (Lipinski definition) is 5. The number of pyridine rings is 1. The monoisotopic (exact) mass is 486 g/mol. The number of carbonyl (C=O) groups is 1. The smallest absolute Gasteiger partial charge is 0.251 e. The molecule has 0 aliphatic rings. The molecule has 36 heavy (non-hydrogen) atoms. The second kappa shape index (κ2) is 9.60. The van der Waals surface area contributed by atoms with E-state index < -0.39 is 0 Å². The largest absolute Gasteiger partial charge is 0.355 e. The van der Waals surface area contributed by atoms with Gasteiger partial charge in [-0.2, -0.15) is 0 Å². The fourth-order valence-corrected chi connectivity index (χ4v) is 4.88. The van der Waals surface area contributed by atoms with Crippen LogP contribution in [-0.4, -0.2) is 15.9 Å². The highest BCUT2D eigenvalue weighted by atomic mass is 32.1. The number of anilines is 2. The molecule has 0 fully saturated rings. The number of fused-ring (bicyclic) bond motifs is 2. The number of rotatable bonds is 6. The molecule has 0 aliphatic carbocycles. The van der Waals surface area contributed by atoms with E-state index in [2.05, 4.69) is 57.0 Å². The van der Waals surface area contributed by atoms with Gasteiger partial charge in [0, 0.05) is 35.1 Å². The molecular formula is C30H22N4OS. The fraction of sp³-hybridized carbons (Fsp3) is 0.0333. The number of nitrogens with one attached hydrogen (secondary N) is 2. The van der Waals surface area contributed by atoms with Gasteiger partial charge in [0.05, 0.1) is 21.2 Å². The zero-order valence-electron chi connectivity index (χ0n) is 19.3. The van der Waals surface area contributed by atoms with Crippen molar-refractivity contribution in [2.75, 3.05) is 5.32 Å². The molecule has 6 rings (SSSR count). The van der Waals surface area contributed by atoms with E-state index in [4.69, 9.17) is 0 Å². The number of nitrogens with zero attached hydrogens (tertiary/aromatic N) is 2. The summed E-state index contributed by atoms with van der Waals surface area (Å²) in [4.78, 5) is 21.6. The van der Waals surface area contributed by atoms with Crippen molar-refractivity contribution < 1.29 is 4.79 Å². The minimum atomic E-state index is -0.0860. The maximum atomic E-state index is 12.6. The lowest BCUT2D eigenvalue weighted by molar-refractivity contribution is 0.0951. The predicted molar refractivity (Wildman–Crippen MR) is 148 cm³/mol. The van der Waals surface area contributed by atoms with Crippen molar-refractivity contribution in [2.45, 2.75) is 6.54 Å². The van der Waals surface area contributed by atoms with Crippen LogP contribution in [0.2, 0.25) is 0 Å². The Kier molecular flexibility index (Phi) is 5.85. The van der Waals surface area contributed by atoms with Gasteiger partial charge in [0.1, 0.15) is 0 Å². The molecule has 5 nitrogen and oxygen atoms in total. The Labute approximate surface area is 212 Å². The average molecular weight is 487 g/mol. The third kappa shape index (κ3) is 4.54. The van der Waals surface area contributed by atoms with Gasteiger partial charge < -0.3 is 10.6 Å². The summed E-state index contributed by atoms with van der Waals surface area (Å²) in [5.41, 5.74) is 9.53. The van der Waals surface area contributed by atoms with Crippen LogP contribution in [0.25, 0.3) is 32.2 Å². The first-order valence-corrected chi connectivity index (χ1v) is 12.5. The highest BCUT2D eigenvalue weighted by Gasteiger charge is 2.09. The molecule has 0 saturated heterocycles. The molecule has 0 spiro atoms. The van der Waals surface area contributed by atoms with Crippen LogP contribution in [0.5, 0.6) is 0 Å². The van der Waals surface area contributed by atoms with Crippen LogP contribution in [-0.2, 0) is 6.54 Å². The Morgan fingerprint density at radius 1 is 0.778 bits per heavy atom. The first kappa shape index (κ1) is 21.9. The fourth-order valence-electron chi connectivity index (χ4n) is 4.22. The molecule has 0 atom stereocenters. The van der Waals surface area contributed by atoms with Crippen molar-refractivity contribution in [2.24, 2.45) is 0 Å². The zero-order valence-corrected chi connectivity index (χ0v) is 20.1. The molecule has 2 heterocycles. The summed E-state index contributed by atoms with van der Waals surface area (Å²) in [6.07, 6.45) is 1.82. The minimum Gasteiger partial charge on any atom is -0.355 e. The summed E-state index contributed by atoms with van der Waals surface area (Å²) >= 11 is 1.64. The Morgan fingerprint density at radius 2 is 1.61 bits per heavy atom. The van der Waals surface area contributed by atoms with Gasteiger partial charge in [-0.25, -0.2) is 4.98 Å². The molecule has 6 heteroatoms. The quantitative estimate of drug-likeness (QED) is 0.262. The average Bonchev–Trinajstić information content (AvgIpc) is 3.40. The van der Waals surface area contributed by atoms with E-state index in [0.717, 1.165) is 44.5 Å². The molecule has 174 valence electrons. The highest BCUT2D eigenvalue weighted by Crippen LogP contribution is 2.30. The third-order valence-corrected chi connectivity index (χ3v) is 6.94. The Bertz CT molecular complexity index is 1680. The maximum Gasteiger partial charge on any atom is 0.251 e. The number of amides is 1. The molecule has 0 bridgehead atoms. The molecule has 6 aromatic rings. The van der Waals surface area contributed by atoms with E-state index in [0.29, 0.717) is 12.1 Å². The molecule has 2 N–H and O–H groups in total. The van der Waals surface area contributed by atoms with Gasteiger partial charge in [0.2, 0.25) is 0 Å². The van der Waals surface area contributed by atoms with Crippen molar-refractivity contribution in [1.82, 2.24) is 15.3 Å². The molecule has 0 saturated carbocycles. The third-order valence-electron chi connectivity index (χ3n) is 6.13. The molecule has 1 amide bonds. The molecule has 2 aromatic heterocycles. The highest BCUT2D eigenvalue weighted by molar-refractivity contribution is 7.16. The standard InChI is InChI=1S/C30H22N4OS/c35-30(32-18-20-4-2-1-3-5-20)22-8-6-21(7-9-22)23-10-12-25-26(14-15-31-27(25)16-23)34-24-11-13-29-28(17-24)33-19-36-29/h1-17,19H,18H2,(H,31,34)(H,32,35). The summed E-state index contributed by atoms with van der Waals surface area (Å²) in [5, 5.41) is 7.52. The summed E-state index contributed by atoms with van der Waals surface area (Å²) in [6, 6.07) is 32.0. The van der Waals surface area contributed by atoms with E-state index >= 15 is 0 Å². The van der Waals surface area contributed by atoms with Crippen LogP contribution in [0, 0.1) is 0 Å². The topological polar surface area (TPSA) is 66.9 Å². The van der Waals surface area contributed by atoms with E-state index in [9.17, 15) is 4.79 Å². The second-order valence-electron chi connectivity index (χ2n) is 8.50. The Morgan fingerprint density at radius 3 is 2.47 bits per heavy atom. The van der Waals surface area contributed by atoms with Gasteiger partial charge in [0.15, 0.2) is 0 Å². The number of aromatic nitrogens is 2. The van der Waals surface area contributed by atoms with E-state index in [-0.39, 0.29) is 5.91 Å². The SMILES string of the molecule is O=C(NCc1ccccc1)c1ccc(-c2ccc3c(Nc4ccc5scnc5c4)ccnc3c2)cc1. The summed E-state index contributed by atoms with van der Waals surface area (Å²) < 4.78 is 1.17. The Hall–Kier alpha value is -4.55. The zero-order chi connectivity index (χ0) is 24.3. The molecular weight excluding hydrogens is 464 g/mol. The molecule has 4 aromatic carbocycles. The Balaban J connectivity index is 1.20. The predicted octanol–water partition coefficient (Wildman–Crippen LogP) is 7.19. The van der Waals surface area contributed by atoms with Crippen molar-refractivity contribution >= 4 is 49.7 Å². The summed E-state index contributed by atoms with van der Waals surface area (Å²) in [5.74, 6) is -0.0860. The first-order valence-electron chi connectivity index (χ1n) is 11.6. The lowest BCUT2D eigenvalue weighted by atomic mass is 10.0. The number of benzene rings is 4. The van der Waals surface area contributed by atoms with Crippen LogP contribution in [0.3, 0.4) is 0 Å². The lowest BCUT2D eigenvalue weighted by Crippen LogP contribution is -2.22. The summed E-state index contributed by atoms with van der Waals surface area (Å²) in [6.45, 7) is 0.506. The number of thiazole rings is 1. The van der Waals surface area contributed by atoms with Gasteiger partial charge in [-0.3, -0.25) is 9.78 Å². The molecule has 0 aliphatic heterocycles. The van der Waals surface area contributed by atoms with Crippen LogP contribution >= 0.6 is 11.3 Å². The first-order chi connectivity index (χ1) is 17.7. The van der Waals surface area contributed by atoms with Crippen LogP contribution < -0.4 is 10.6 Å². The van der Waals surface area contributed by atoms with Crippen LogP contribution in [0.1, 0.15) is 15.9 Å². The van der Waals surface area contributed by atoms with Crippen molar-refractivity contribution in [3.63, 3.8) is 0 Å². The molecule has 0 radical (unpaired) electrons. The van der Waals surface area contributed by atoms with Crippen molar-refractivity contribution in [1.29, 1.82) is 0 Å². The number of hydrogen-bond donors (Lipinski definition) is 2. The van der Waals surface area contributed by atoms with Crippen molar-refractivity contribution in [3.05, 3.63) is 120 Å². The van der Waals surface area contributed by atoms with E-state index in [1.807, 2.05) is 72.4 Å². The van der Waals surface area contributed by atoms with Crippen LogP contribution in [0.4, 0.5) is 11.4 Å². The van der Waals surface area contributed by atoms with Crippen molar-refractivity contribution in [3.8, 4) is 11.1 Å². The minimum absolute atomic E-state index is 0.0860. The van der Waals surface area contributed by atoms with Crippen LogP contribution in [0.15, 0.2) is 109 Å². The summed E-state index contributed by atoms with van der Waals surface area (Å²) in [7, 11) is 0. The van der Waals surface area contributed by atoms with E-state index in [1.54, 1.807) is 11.3 Å². The van der Waals surface area contributed by atoms with Gasteiger partial charge in [0.25, 0.3) is 5.91 Å². The second-order valence-corrected chi connectivity index (χ2v) is 9.38.